The Balaban J connectivity index is 1.81. The lowest BCUT2D eigenvalue weighted by molar-refractivity contribution is -0.149. The summed E-state index contributed by atoms with van der Waals surface area (Å²) in [7, 11) is 1.53. The standard InChI is InChI=1S/C21H17FN2O3S/c1-27-16-7-3-5-14(9-16)21(26)12-28-20-18(11-23)17(10-19(25)24(20)21)13-4-2-6-15(22)8-13/h2-9,17,26H,10,12H2,1H3/t17-,21-/m1/s1. The minimum atomic E-state index is -1.57. The van der Waals surface area contributed by atoms with Crippen molar-refractivity contribution in [3.8, 4) is 11.8 Å². The molecule has 4 rings (SSSR count). The summed E-state index contributed by atoms with van der Waals surface area (Å²) in [4.78, 5) is 14.3. The van der Waals surface area contributed by atoms with E-state index in [1.54, 1.807) is 36.4 Å². The van der Waals surface area contributed by atoms with Crippen molar-refractivity contribution in [3.63, 3.8) is 0 Å². The third-order valence-corrected chi connectivity index (χ3v) is 6.32. The second-order valence-corrected chi connectivity index (χ2v) is 7.67. The van der Waals surface area contributed by atoms with Crippen LogP contribution in [0.4, 0.5) is 4.39 Å². The van der Waals surface area contributed by atoms with E-state index < -0.39 is 17.5 Å². The van der Waals surface area contributed by atoms with Gasteiger partial charge in [0.05, 0.1) is 29.5 Å². The van der Waals surface area contributed by atoms with Crippen LogP contribution in [0.5, 0.6) is 5.75 Å². The van der Waals surface area contributed by atoms with Gasteiger partial charge >= 0.3 is 0 Å². The second-order valence-electron chi connectivity index (χ2n) is 6.71. The molecular formula is C21H17FN2O3S. The Hall–Kier alpha value is -2.82. The van der Waals surface area contributed by atoms with E-state index in [-0.39, 0.29) is 18.1 Å². The molecule has 0 aliphatic carbocycles. The molecule has 2 aromatic carbocycles. The molecule has 0 unspecified atom stereocenters. The Labute approximate surface area is 166 Å². The predicted octanol–water partition coefficient (Wildman–Crippen LogP) is 3.48. The first kappa shape index (κ1) is 18.5. The summed E-state index contributed by atoms with van der Waals surface area (Å²) in [5.74, 6) is -0.488. The van der Waals surface area contributed by atoms with Crippen LogP contribution < -0.4 is 4.74 Å². The highest BCUT2D eigenvalue weighted by atomic mass is 32.2. The average molecular weight is 396 g/mol. The van der Waals surface area contributed by atoms with Crippen molar-refractivity contribution in [2.45, 2.75) is 18.1 Å². The summed E-state index contributed by atoms with van der Waals surface area (Å²) < 4.78 is 18.9. The van der Waals surface area contributed by atoms with Gasteiger partial charge in [0.1, 0.15) is 11.6 Å². The molecule has 0 saturated carbocycles. The summed E-state index contributed by atoms with van der Waals surface area (Å²) in [6.45, 7) is 0. The number of carbonyl (C=O) groups excluding carboxylic acids is 1. The maximum Gasteiger partial charge on any atom is 0.231 e. The molecule has 1 amide bonds. The van der Waals surface area contributed by atoms with Gasteiger partial charge in [-0.3, -0.25) is 9.69 Å². The molecule has 142 valence electrons. The fourth-order valence-corrected chi connectivity index (χ4v) is 5.08. The molecule has 2 aliphatic heterocycles. The number of nitrogens with zero attached hydrogens (tertiary/aromatic N) is 2. The van der Waals surface area contributed by atoms with E-state index in [1.807, 2.05) is 0 Å². The van der Waals surface area contributed by atoms with Crippen LogP contribution in [-0.4, -0.2) is 28.8 Å². The number of carbonyl (C=O) groups is 1. The number of ether oxygens (including phenoxy) is 1. The van der Waals surface area contributed by atoms with Gasteiger partial charge < -0.3 is 9.84 Å². The Kier molecular flexibility index (Phi) is 4.61. The zero-order valence-corrected chi connectivity index (χ0v) is 15.9. The van der Waals surface area contributed by atoms with Gasteiger partial charge in [-0.15, -0.1) is 11.8 Å². The number of fused-ring (bicyclic) bond motifs is 1. The number of benzene rings is 2. The topological polar surface area (TPSA) is 73.6 Å². The Bertz CT molecular complexity index is 1030. The number of thioether (sulfide) groups is 1. The van der Waals surface area contributed by atoms with E-state index in [4.69, 9.17) is 4.74 Å². The number of hydrogen-bond acceptors (Lipinski definition) is 5. The molecule has 2 aliphatic rings. The molecular weight excluding hydrogens is 379 g/mol. The largest absolute Gasteiger partial charge is 0.497 e. The molecule has 28 heavy (non-hydrogen) atoms. The van der Waals surface area contributed by atoms with Crippen LogP contribution >= 0.6 is 11.8 Å². The van der Waals surface area contributed by atoms with Crippen molar-refractivity contribution in [2.75, 3.05) is 12.9 Å². The fraction of sp³-hybridized carbons (Fsp3) is 0.238. The van der Waals surface area contributed by atoms with Gasteiger partial charge in [-0.25, -0.2) is 4.39 Å². The molecule has 1 saturated heterocycles. The van der Waals surface area contributed by atoms with Crippen LogP contribution in [0.2, 0.25) is 0 Å². The number of methoxy groups -OCH3 is 1. The maximum atomic E-state index is 13.7. The van der Waals surface area contributed by atoms with E-state index in [0.717, 1.165) is 0 Å². The Morgan fingerprint density at radius 2 is 2.11 bits per heavy atom. The first-order chi connectivity index (χ1) is 13.5. The van der Waals surface area contributed by atoms with Crippen LogP contribution in [0, 0.1) is 17.1 Å². The molecule has 7 heteroatoms. The summed E-state index contributed by atoms with van der Waals surface area (Å²) in [5, 5.41) is 21.6. The highest BCUT2D eigenvalue weighted by Crippen LogP contribution is 2.51. The van der Waals surface area contributed by atoms with Gasteiger partial charge in [0.25, 0.3) is 0 Å². The second kappa shape index (κ2) is 6.97. The number of aliphatic hydroxyl groups is 1. The van der Waals surface area contributed by atoms with Crippen molar-refractivity contribution in [3.05, 3.63) is 76.1 Å². The average Bonchev–Trinajstić information content (AvgIpc) is 3.07. The summed E-state index contributed by atoms with van der Waals surface area (Å²) in [5.41, 5.74) is -0.103. The third kappa shape index (κ3) is 2.86. The van der Waals surface area contributed by atoms with Crippen LogP contribution in [0.1, 0.15) is 23.5 Å². The van der Waals surface area contributed by atoms with Gasteiger partial charge in [0, 0.05) is 17.9 Å². The zero-order valence-electron chi connectivity index (χ0n) is 15.1. The first-order valence-electron chi connectivity index (χ1n) is 8.70. The predicted molar refractivity (Wildman–Crippen MR) is 103 cm³/mol. The summed E-state index contributed by atoms with van der Waals surface area (Å²) >= 11 is 1.26. The summed E-state index contributed by atoms with van der Waals surface area (Å²) in [6, 6.07) is 15.0. The van der Waals surface area contributed by atoms with E-state index in [2.05, 4.69) is 6.07 Å². The van der Waals surface area contributed by atoms with E-state index in [0.29, 0.717) is 27.5 Å². The quantitative estimate of drug-likeness (QED) is 0.860. The molecule has 0 radical (unpaired) electrons. The Morgan fingerprint density at radius 3 is 2.82 bits per heavy atom. The monoisotopic (exact) mass is 396 g/mol. The van der Waals surface area contributed by atoms with Gasteiger partial charge in [0.15, 0.2) is 5.72 Å². The normalized spacial score (nSPS) is 24.1. The molecule has 1 N–H and O–H groups in total. The van der Waals surface area contributed by atoms with E-state index >= 15 is 0 Å². The van der Waals surface area contributed by atoms with Crippen LogP contribution in [0.25, 0.3) is 0 Å². The highest BCUT2D eigenvalue weighted by Gasteiger charge is 2.51. The van der Waals surface area contributed by atoms with Gasteiger partial charge in [-0.05, 0) is 29.8 Å². The highest BCUT2D eigenvalue weighted by molar-refractivity contribution is 8.03. The lowest BCUT2D eigenvalue weighted by atomic mass is 9.85. The number of rotatable bonds is 3. The van der Waals surface area contributed by atoms with Crippen molar-refractivity contribution in [1.82, 2.24) is 4.90 Å². The molecule has 0 spiro atoms. The van der Waals surface area contributed by atoms with Crippen molar-refractivity contribution >= 4 is 17.7 Å². The van der Waals surface area contributed by atoms with Crippen molar-refractivity contribution in [1.29, 1.82) is 5.26 Å². The molecule has 2 aromatic rings. The van der Waals surface area contributed by atoms with E-state index in [1.165, 1.54) is 35.9 Å². The molecule has 0 bridgehead atoms. The van der Waals surface area contributed by atoms with Crippen LogP contribution in [0.15, 0.2) is 59.1 Å². The number of nitriles is 1. The smallest absolute Gasteiger partial charge is 0.231 e. The minimum absolute atomic E-state index is 0.0112. The number of halogens is 1. The lowest BCUT2D eigenvalue weighted by Gasteiger charge is -2.38. The molecule has 0 aromatic heterocycles. The molecule has 2 heterocycles. The number of amides is 1. The molecule has 1 fully saturated rings. The maximum absolute atomic E-state index is 13.7. The van der Waals surface area contributed by atoms with Crippen molar-refractivity contribution < 1.29 is 19.0 Å². The van der Waals surface area contributed by atoms with Gasteiger partial charge in [-0.2, -0.15) is 5.26 Å². The van der Waals surface area contributed by atoms with Gasteiger partial charge in [-0.1, -0.05) is 24.3 Å². The van der Waals surface area contributed by atoms with E-state index in [9.17, 15) is 19.6 Å². The Morgan fingerprint density at radius 1 is 1.32 bits per heavy atom. The molecule has 2 atom stereocenters. The van der Waals surface area contributed by atoms with Gasteiger partial charge in [0.2, 0.25) is 5.91 Å². The summed E-state index contributed by atoms with van der Waals surface area (Å²) in [6.07, 6.45) is -0.0112. The lowest BCUT2D eigenvalue weighted by Crippen LogP contribution is -2.48. The first-order valence-corrected chi connectivity index (χ1v) is 9.69. The van der Waals surface area contributed by atoms with Crippen LogP contribution in [-0.2, 0) is 10.5 Å². The molecule has 5 nitrogen and oxygen atoms in total. The number of allylic oxidation sites excluding steroid dienone is 1. The minimum Gasteiger partial charge on any atom is -0.497 e. The fourth-order valence-electron chi connectivity index (χ4n) is 3.72. The van der Waals surface area contributed by atoms with Crippen LogP contribution in [0.3, 0.4) is 0 Å². The number of hydrogen-bond donors (Lipinski definition) is 1. The third-order valence-electron chi connectivity index (χ3n) is 5.09. The zero-order chi connectivity index (χ0) is 19.9. The SMILES string of the molecule is COc1cccc([C@]2(O)CSC3=C(C#N)[C@@H](c4cccc(F)c4)CC(=O)N32)c1. The van der Waals surface area contributed by atoms with Crippen molar-refractivity contribution in [2.24, 2.45) is 0 Å².